The molecular weight excluding hydrogens is 318 g/mol. The molecule has 3 rings (SSSR count). The van der Waals surface area contributed by atoms with Crippen LogP contribution in [0.4, 0.5) is 8.78 Å². The third-order valence-electron chi connectivity index (χ3n) is 4.12. The van der Waals surface area contributed by atoms with Gasteiger partial charge in [0.05, 0.1) is 12.1 Å². The lowest BCUT2D eigenvalue weighted by atomic mass is 9.98. The number of halogens is 2. The Labute approximate surface area is 137 Å². The van der Waals surface area contributed by atoms with Crippen molar-refractivity contribution in [2.75, 3.05) is 19.6 Å². The van der Waals surface area contributed by atoms with Gasteiger partial charge in [0.25, 0.3) is 5.91 Å². The highest BCUT2D eigenvalue weighted by atomic mass is 19.2. The number of nitrogens with zero attached hydrogens (tertiary/aromatic N) is 3. The Morgan fingerprint density at radius 2 is 2.29 bits per heavy atom. The highest BCUT2D eigenvalue weighted by Gasteiger charge is 2.22. The van der Waals surface area contributed by atoms with Crippen LogP contribution in [0.3, 0.4) is 0 Å². The van der Waals surface area contributed by atoms with Crippen molar-refractivity contribution in [1.82, 2.24) is 20.4 Å². The summed E-state index contributed by atoms with van der Waals surface area (Å²) >= 11 is 0. The monoisotopic (exact) mass is 336 g/mol. The first-order chi connectivity index (χ1) is 11.6. The van der Waals surface area contributed by atoms with Crippen molar-refractivity contribution >= 4 is 5.91 Å². The third kappa shape index (κ3) is 3.94. The smallest absolute Gasteiger partial charge is 0.254 e. The molecule has 1 amide bonds. The molecule has 1 N–H and O–H groups in total. The molecule has 1 aromatic carbocycles. The maximum absolute atomic E-state index is 13.6. The van der Waals surface area contributed by atoms with Gasteiger partial charge in [0.1, 0.15) is 0 Å². The number of carbonyl (C=O) groups excluding carboxylic acids is 1. The molecule has 1 atom stereocenters. The lowest BCUT2D eigenvalue weighted by Crippen LogP contribution is -2.40. The normalized spacial score (nSPS) is 18.5. The Balaban J connectivity index is 1.52. The third-order valence-corrected chi connectivity index (χ3v) is 4.12. The van der Waals surface area contributed by atoms with E-state index in [1.165, 1.54) is 18.5 Å². The summed E-state index contributed by atoms with van der Waals surface area (Å²) in [6, 6.07) is 3.58. The fourth-order valence-electron chi connectivity index (χ4n) is 2.94. The van der Waals surface area contributed by atoms with Gasteiger partial charge in [-0.25, -0.2) is 8.78 Å². The van der Waals surface area contributed by atoms with E-state index in [9.17, 15) is 13.6 Å². The molecule has 1 saturated heterocycles. The Kier molecular flexibility index (Phi) is 5.14. The molecule has 0 aliphatic carbocycles. The van der Waals surface area contributed by atoms with E-state index in [2.05, 4.69) is 20.4 Å². The molecule has 6 nitrogen and oxygen atoms in total. The summed E-state index contributed by atoms with van der Waals surface area (Å²) in [6.07, 6.45) is 3.26. The van der Waals surface area contributed by atoms with Gasteiger partial charge in [0.2, 0.25) is 6.39 Å². The Morgan fingerprint density at radius 3 is 3.08 bits per heavy atom. The maximum atomic E-state index is 13.6. The van der Waals surface area contributed by atoms with Gasteiger partial charge in [-0.3, -0.25) is 9.69 Å². The SMILES string of the molecule is O=C(NCC1CCCN(Cc2ncon2)C1)c1cccc(F)c1F. The molecule has 0 radical (unpaired) electrons. The van der Waals surface area contributed by atoms with Crippen LogP contribution in [0.2, 0.25) is 0 Å². The summed E-state index contributed by atoms with van der Waals surface area (Å²) in [5.41, 5.74) is -0.269. The number of hydrogen-bond acceptors (Lipinski definition) is 5. The Bertz CT molecular complexity index is 693. The minimum absolute atomic E-state index is 0.242. The number of piperidine rings is 1. The lowest BCUT2D eigenvalue weighted by molar-refractivity contribution is 0.0924. The van der Waals surface area contributed by atoms with E-state index in [1.807, 2.05) is 0 Å². The van der Waals surface area contributed by atoms with Crippen molar-refractivity contribution in [1.29, 1.82) is 0 Å². The zero-order chi connectivity index (χ0) is 16.9. The van der Waals surface area contributed by atoms with Gasteiger partial charge in [-0.05, 0) is 37.4 Å². The first-order valence-electron chi connectivity index (χ1n) is 7.83. The van der Waals surface area contributed by atoms with Gasteiger partial charge in [0.15, 0.2) is 17.5 Å². The van der Waals surface area contributed by atoms with Crippen molar-refractivity contribution in [3.63, 3.8) is 0 Å². The maximum Gasteiger partial charge on any atom is 0.254 e. The van der Waals surface area contributed by atoms with Crippen LogP contribution in [0.5, 0.6) is 0 Å². The summed E-state index contributed by atoms with van der Waals surface area (Å²) in [7, 11) is 0. The van der Waals surface area contributed by atoms with Crippen molar-refractivity contribution in [3.8, 4) is 0 Å². The second-order valence-electron chi connectivity index (χ2n) is 5.90. The van der Waals surface area contributed by atoms with E-state index >= 15 is 0 Å². The summed E-state index contributed by atoms with van der Waals surface area (Å²) in [4.78, 5) is 18.2. The second kappa shape index (κ2) is 7.48. The van der Waals surface area contributed by atoms with Gasteiger partial charge in [-0.15, -0.1) is 0 Å². The molecule has 1 aliphatic heterocycles. The molecule has 1 aromatic heterocycles. The van der Waals surface area contributed by atoms with Crippen LogP contribution >= 0.6 is 0 Å². The predicted octanol–water partition coefficient (Wildman–Crippen LogP) is 1.99. The average Bonchev–Trinajstić information content (AvgIpc) is 3.08. The highest BCUT2D eigenvalue weighted by molar-refractivity contribution is 5.94. The van der Waals surface area contributed by atoms with Gasteiger partial charge >= 0.3 is 0 Å². The van der Waals surface area contributed by atoms with Crippen LogP contribution in [-0.4, -0.2) is 40.6 Å². The average molecular weight is 336 g/mol. The van der Waals surface area contributed by atoms with Crippen LogP contribution in [0.1, 0.15) is 29.0 Å². The number of aromatic nitrogens is 2. The predicted molar refractivity (Wildman–Crippen MR) is 81.0 cm³/mol. The van der Waals surface area contributed by atoms with E-state index < -0.39 is 17.5 Å². The van der Waals surface area contributed by atoms with Crippen LogP contribution < -0.4 is 5.32 Å². The molecule has 1 unspecified atom stereocenters. The fraction of sp³-hybridized carbons (Fsp3) is 0.438. The molecule has 0 bridgehead atoms. The molecular formula is C16H18F2N4O2. The Hall–Kier alpha value is -2.35. The minimum atomic E-state index is -1.11. The highest BCUT2D eigenvalue weighted by Crippen LogP contribution is 2.18. The lowest BCUT2D eigenvalue weighted by Gasteiger charge is -2.31. The molecule has 0 saturated carbocycles. The van der Waals surface area contributed by atoms with E-state index in [0.717, 1.165) is 32.0 Å². The number of benzene rings is 1. The zero-order valence-corrected chi connectivity index (χ0v) is 13.0. The number of hydrogen-bond donors (Lipinski definition) is 1. The number of amides is 1. The van der Waals surface area contributed by atoms with Gasteiger partial charge in [-0.2, -0.15) is 4.98 Å². The van der Waals surface area contributed by atoms with E-state index in [0.29, 0.717) is 18.9 Å². The molecule has 2 aromatic rings. The number of carbonyl (C=O) groups is 1. The zero-order valence-electron chi connectivity index (χ0n) is 13.0. The number of nitrogens with one attached hydrogen (secondary N) is 1. The first kappa shape index (κ1) is 16.5. The molecule has 8 heteroatoms. The molecule has 1 aliphatic rings. The summed E-state index contributed by atoms with van der Waals surface area (Å²) < 4.78 is 31.5. The summed E-state index contributed by atoms with van der Waals surface area (Å²) in [5.74, 6) is -1.86. The summed E-state index contributed by atoms with van der Waals surface area (Å²) in [6.45, 7) is 2.72. The fourth-order valence-corrected chi connectivity index (χ4v) is 2.94. The van der Waals surface area contributed by atoms with Gasteiger partial charge < -0.3 is 9.84 Å². The molecule has 24 heavy (non-hydrogen) atoms. The van der Waals surface area contributed by atoms with Crippen molar-refractivity contribution in [2.24, 2.45) is 5.92 Å². The van der Waals surface area contributed by atoms with Crippen LogP contribution in [0.15, 0.2) is 29.1 Å². The topological polar surface area (TPSA) is 71.3 Å². The quantitative estimate of drug-likeness (QED) is 0.904. The van der Waals surface area contributed by atoms with Gasteiger partial charge in [-0.1, -0.05) is 11.2 Å². The van der Waals surface area contributed by atoms with Crippen LogP contribution in [-0.2, 0) is 6.54 Å². The van der Waals surface area contributed by atoms with Crippen molar-refractivity contribution in [2.45, 2.75) is 19.4 Å². The number of rotatable bonds is 5. The Morgan fingerprint density at radius 1 is 1.42 bits per heavy atom. The van der Waals surface area contributed by atoms with Crippen molar-refractivity contribution < 1.29 is 18.1 Å². The molecule has 0 spiro atoms. The van der Waals surface area contributed by atoms with E-state index in [1.54, 1.807) is 0 Å². The van der Waals surface area contributed by atoms with Gasteiger partial charge in [0, 0.05) is 13.1 Å². The standard InChI is InChI=1S/C16H18F2N4O2/c17-13-5-1-4-12(15(13)18)16(23)19-7-11-3-2-6-22(8-11)9-14-20-10-24-21-14/h1,4-5,10-11H,2-3,6-9H2,(H,19,23). The minimum Gasteiger partial charge on any atom is -0.352 e. The first-order valence-corrected chi connectivity index (χ1v) is 7.83. The van der Waals surface area contributed by atoms with Crippen LogP contribution in [0, 0.1) is 17.6 Å². The largest absolute Gasteiger partial charge is 0.352 e. The number of likely N-dealkylation sites (tertiary alicyclic amines) is 1. The van der Waals surface area contributed by atoms with E-state index in [4.69, 9.17) is 4.52 Å². The van der Waals surface area contributed by atoms with Crippen LogP contribution in [0.25, 0.3) is 0 Å². The van der Waals surface area contributed by atoms with E-state index in [-0.39, 0.29) is 11.5 Å². The molecule has 1 fully saturated rings. The molecule has 128 valence electrons. The molecule has 2 heterocycles. The van der Waals surface area contributed by atoms with Crippen molar-refractivity contribution in [3.05, 3.63) is 47.6 Å². The summed E-state index contributed by atoms with van der Waals surface area (Å²) in [5, 5.41) is 6.49. The second-order valence-corrected chi connectivity index (χ2v) is 5.90.